The van der Waals surface area contributed by atoms with Crippen LogP contribution in [0.25, 0.3) is 5.69 Å². The van der Waals surface area contributed by atoms with Gasteiger partial charge in [-0.05, 0) is 12.1 Å². The van der Waals surface area contributed by atoms with Gasteiger partial charge in [-0.25, -0.2) is 18.9 Å². The van der Waals surface area contributed by atoms with E-state index in [2.05, 4.69) is 10.1 Å². The number of morpholine rings is 1. The minimum Gasteiger partial charge on any atom is -0.480 e. The van der Waals surface area contributed by atoms with Crippen molar-refractivity contribution in [3.05, 3.63) is 41.7 Å². The molecule has 1 saturated heterocycles. The van der Waals surface area contributed by atoms with E-state index in [1.54, 1.807) is 18.2 Å². The third-order valence-corrected chi connectivity index (χ3v) is 4.09. The highest BCUT2D eigenvalue weighted by Gasteiger charge is 2.35. The molecule has 3 rings (SSSR count). The summed E-state index contributed by atoms with van der Waals surface area (Å²) in [6.45, 7) is 3.97. The van der Waals surface area contributed by atoms with E-state index in [4.69, 9.17) is 4.74 Å². The van der Waals surface area contributed by atoms with Crippen molar-refractivity contribution < 1.29 is 23.8 Å². The molecule has 1 N–H and O–H groups in total. The average Bonchev–Trinajstić information content (AvgIpc) is 3.07. The third kappa shape index (κ3) is 3.30. The van der Waals surface area contributed by atoms with E-state index in [1.165, 1.54) is 15.6 Å². The number of carbonyl (C=O) groups is 2. The summed E-state index contributed by atoms with van der Waals surface area (Å²) >= 11 is 0. The summed E-state index contributed by atoms with van der Waals surface area (Å²) in [6, 6.07) is 4.96. The molecule has 0 aliphatic carbocycles. The van der Waals surface area contributed by atoms with Crippen molar-refractivity contribution in [2.45, 2.75) is 25.8 Å². The lowest BCUT2D eigenvalue weighted by atomic mass is 10.2. The van der Waals surface area contributed by atoms with Gasteiger partial charge < -0.3 is 14.7 Å². The van der Waals surface area contributed by atoms with Crippen LogP contribution >= 0.6 is 0 Å². The number of ether oxygens (including phenoxy) is 1. The van der Waals surface area contributed by atoms with Gasteiger partial charge in [-0.3, -0.25) is 4.79 Å². The lowest BCUT2D eigenvalue weighted by molar-refractivity contribution is -0.147. The summed E-state index contributed by atoms with van der Waals surface area (Å²) in [5.74, 6) is -2.13. The summed E-state index contributed by atoms with van der Waals surface area (Å²) in [7, 11) is 0. The number of carbonyl (C=O) groups excluding carboxylic acids is 1. The van der Waals surface area contributed by atoms with Gasteiger partial charge in [-0.2, -0.15) is 0 Å². The zero-order valence-corrected chi connectivity index (χ0v) is 14.4. The number of carboxylic acid groups (broad SMARTS) is 1. The Morgan fingerprint density at radius 1 is 1.35 bits per heavy atom. The second-order valence-corrected chi connectivity index (χ2v) is 6.24. The van der Waals surface area contributed by atoms with E-state index in [0.29, 0.717) is 5.82 Å². The number of nitrogens with zero attached hydrogens (tertiary/aromatic N) is 4. The molecule has 0 radical (unpaired) electrons. The van der Waals surface area contributed by atoms with Gasteiger partial charge in [0, 0.05) is 12.5 Å². The minimum atomic E-state index is -1.16. The Hall–Kier alpha value is -2.81. The van der Waals surface area contributed by atoms with Gasteiger partial charge in [0.05, 0.1) is 13.2 Å². The molecular formula is C17H19FN4O4. The molecule has 1 unspecified atom stereocenters. The number of benzene rings is 1. The van der Waals surface area contributed by atoms with E-state index in [9.17, 15) is 19.1 Å². The monoisotopic (exact) mass is 362 g/mol. The molecule has 2 heterocycles. The van der Waals surface area contributed by atoms with Crippen molar-refractivity contribution in [2.24, 2.45) is 0 Å². The maximum absolute atomic E-state index is 14.2. The second-order valence-electron chi connectivity index (χ2n) is 6.24. The van der Waals surface area contributed by atoms with Crippen LogP contribution in [-0.4, -0.2) is 62.4 Å². The summed E-state index contributed by atoms with van der Waals surface area (Å²) in [5, 5.41) is 13.5. The fourth-order valence-electron chi connectivity index (χ4n) is 2.77. The smallest absolute Gasteiger partial charge is 0.328 e. The number of hydrogen-bond donors (Lipinski definition) is 1. The zero-order valence-electron chi connectivity index (χ0n) is 14.4. The standard InChI is InChI=1S/C17H19FN4O4/c1-10(2)15-19-14(20-22(15)12-6-4-3-5-11(12)18)16(23)21-7-8-26-9-13(21)17(24)25/h3-6,10,13H,7-9H2,1-2H3,(H,24,25). The van der Waals surface area contributed by atoms with E-state index >= 15 is 0 Å². The first-order valence-electron chi connectivity index (χ1n) is 8.23. The molecule has 2 aromatic rings. The van der Waals surface area contributed by atoms with Gasteiger partial charge in [-0.1, -0.05) is 26.0 Å². The van der Waals surface area contributed by atoms with Crippen molar-refractivity contribution in [1.29, 1.82) is 0 Å². The van der Waals surface area contributed by atoms with Crippen LogP contribution in [0.15, 0.2) is 24.3 Å². The van der Waals surface area contributed by atoms with Crippen molar-refractivity contribution >= 4 is 11.9 Å². The molecule has 9 heteroatoms. The van der Waals surface area contributed by atoms with E-state index in [1.807, 2.05) is 13.8 Å². The summed E-state index contributed by atoms with van der Waals surface area (Å²) in [4.78, 5) is 29.6. The number of hydrogen-bond acceptors (Lipinski definition) is 5. The molecule has 1 aromatic carbocycles. The first-order chi connectivity index (χ1) is 12.4. The molecule has 0 saturated carbocycles. The van der Waals surface area contributed by atoms with Crippen LogP contribution in [0.1, 0.15) is 36.2 Å². The second kappa shape index (κ2) is 7.20. The predicted octanol–water partition coefficient (Wildman–Crippen LogP) is 1.46. The molecule has 26 heavy (non-hydrogen) atoms. The Morgan fingerprint density at radius 3 is 2.73 bits per heavy atom. The maximum Gasteiger partial charge on any atom is 0.328 e. The molecular weight excluding hydrogens is 343 g/mol. The topological polar surface area (TPSA) is 97.6 Å². The highest BCUT2D eigenvalue weighted by Crippen LogP contribution is 2.21. The Balaban J connectivity index is 2.01. The van der Waals surface area contributed by atoms with Crippen LogP contribution in [0.5, 0.6) is 0 Å². The largest absolute Gasteiger partial charge is 0.480 e. The lowest BCUT2D eigenvalue weighted by Crippen LogP contribution is -2.52. The van der Waals surface area contributed by atoms with Crippen molar-refractivity contribution in [3.8, 4) is 5.69 Å². The fraction of sp³-hybridized carbons (Fsp3) is 0.412. The predicted molar refractivity (Wildman–Crippen MR) is 88.7 cm³/mol. The first kappa shape index (κ1) is 18.0. The fourth-order valence-corrected chi connectivity index (χ4v) is 2.77. The molecule has 138 valence electrons. The number of amides is 1. The quantitative estimate of drug-likeness (QED) is 0.884. The van der Waals surface area contributed by atoms with Gasteiger partial charge in [-0.15, -0.1) is 5.10 Å². The van der Waals surface area contributed by atoms with Gasteiger partial charge in [0.25, 0.3) is 5.91 Å². The van der Waals surface area contributed by atoms with E-state index < -0.39 is 23.7 Å². The molecule has 1 aliphatic heterocycles. The summed E-state index contributed by atoms with van der Waals surface area (Å²) in [6.07, 6.45) is 0. The zero-order chi connectivity index (χ0) is 18.8. The van der Waals surface area contributed by atoms with Crippen molar-refractivity contribution in [1.82, 2.24) is 19.7 Å². The third-order valence-electron chi connectivity index (χ3n) is 4.09. The normalized spacial score (nSPS) is 17.5. The number of rotatable bonds is 4. The number of carboxylic acids is 1. The number of aromatic nitrogens is 3. The SMILES string of the molecule is CC(C)c1nc(C(=O)N2CCOCC2C(=O)O)nn1-c1ccccc1F. The maximum atomic E-state index is 14.2. The van der Waals surface area contributed by atoms with Crippen LogP contribution in [0.2, 0.25) is 0 Å². The number of halogens is 1. The van der Waals surface area contributed by atoms with Crippen LogP contribution in [0.4, 0.5) is 4.39 Å². The van der Waals surface area contributed by atoms with Crippen molar-refractivity contribution in [3.63, 3.8) is 0 Å². The minimum absolute atomic E-state index is 0.0911. The first-order valence-corrected chi connectivity index (χ1v) is 8.23. The van der Waals surface area contributed by atoms with E-state index in [-0.39, 0.29) is 37.2 Å². The Kier molecular flexibility index (Phi) is 4.99. The van der Waals surface area contributed by atoms with Gasteiger partial charge in [0.2, 0.25) is 5.82 Å². The molecule has 1 aliphatic rings. The Labute approximate surface area is 149 Å². The van der Waals surface area contributed by atoms with Gasteiger partial charge >= 0.3 is 5.97 Å². The molecule has 1 atom stereocenters. The average molecular weight is 362 g/mol. The molecule has 1 fully saturated rings. The Morgan fingerprint density at radius 2 is 2.08 bits per heavy atom. The molecule has 1 amide bonds. The van der Waals surface area contributed by atoms with Crippen LogP contribution < -0.4 is 0 Å². The van der Waals surface area contributed by atoms with Gasteiger partial charge in [0.1, 0.15) is 17.3 Å². The van der Waals surface area contributed by atoms with Crippen molar-refractivity contribution in [2.75, 3.05) is 19.8 Å². The van der Waals surface area contributed by atoms with Gasteiger partial charge in [0.15, 0.2) is 6.04 Å². The number of aliphatic carboxylic acids is 1. The summed E-state index contributed by atoms with van der Waals surface area (Å²) in [5.41, 5.74) is 0.180. The lowest BCUT2D eigenvalue weighted by Gasteiger charge is -2.31. The highest BCUT2D eigenvalue weighted by molar-refractivity contribution is 5.93. The van der Waals surface area contributed by atoms with Crippen LogP contribution in [-0.2, 0) is 9.53 Å². The molecule has 0 bridgehead atoms. The summed E-state index contributed by atoms with van der Waals surface area (Å²) < 4.78 is 20.6. The highest BCUT2D eigenvalue weighted by atomic mass is 19.1. The van der Waals surface area contributed by atoms with E-state index in [0.717, 1.165) is 0 Å². The molecule has 1 aromatic heterocycles. The molecule has 8 nitrogen and oxygen atoms in total. The molecule has 0 spiro atoms. The van der Waals surface area contributed by atoms with Crippen LogP contribution in [0.3, 0.4) is 0 Å². The van der Waals surface area contributed by atoms with Crippen LogP contribution in [0, 0.1) is 5.82 Å². The Bertz CT molecular complexity index is 836. The number of para-hydroxylation sites is 1.